The first-order valence-electron chi connectivity index (χ1n) is 5.83. The van der Waals surface area contributed by atoms with Crippen LogP contribution >= 0.6 is 0 Å². The molecule has 0 aliphatic rings. The fraction of sp³-hybridized carbons (Fsp3) is 0.308. The fourth-order valence-electron chi connectivity index (χ4n) is 1.67. The Balaban J connectivity index is 2.25. The van der Waals surface area contributed by atoms with Gasteiger partial charge in [0.05, 0.1) is 13.2 Å². The summed E-state index contributed by atoms with van der Waals surface area (Å²) in [7, 11) is 0. The van der Waals surface area contributed by atoms with Gasteiger partial charge in [0, 0.05) is 0 Å². The van der Waals surface area contributed by atoms with Gasteiger partial charge in [0.15, 0.2) is 0 Å². The molecule has 5 heteroatoms. The first-order chi connectivity index (χ1) is 8.70. The molecule has 0 aliphatic carbocycles. The van der Waals surface area contributed by atoms with Crippen molar-refractivity contribution in [3.8, 4) is 0 Å². The lowest BCUT2D eigenvalue weighted by Crippen LogP contribution is -2.15. The lowest BCUT2D eigenvalue weighted by molar-refractivity contribution is 0.0505. The number of carbonyl (C=O) groups is 1. The monoisotopic (exact) mass is 245 g/mol. The highest BCUT2D eigenvalue weighted by atomic mass is 16.5. The van der Waals surface area contributed by atoms with Gasteiger partial charge < -0.3 is 4.74 Å². The minimum Gasteiger partial charge on any atom is -0.460 e. The molecule has 0 radical (unpaired) electrons. The van der Waals surface area contributed by atoms with Crippen molar-refractivity contribution in [2.24, 2.45) is 0 Å². The Morgan fingerprint density at radius 1 is 1.33 bits per heavy atom. The number of esters is 1. The summed E-state index contributed by atoms with van der Waals surface area (Å²) in [5.74, 6) is 0.376. The Bertz CT molecular complexity index is 534. The SMILES string of the molecule is CCOC(=O)c1nc(C)nn1Cc1ccccc1. The number of hydrogen-bond acceptors (Lipinski definition) is 4. The number of aromatic nitrogens is 3. The van der Waals surface area contributed by atoms with Gasteiger partial charge >= 0.3 is 5.97 Å². The van der Waals surface area contributed by atoms with Gasteiger partial charge in [-0.25, -0.2) is 14.5 Å². The summed E-state index contributed by atoms with van der Waals surface area (Å²) in [5.41, 5.74) is 1.06. The van der Waals surface area contributed by atoms with E-state index >= 15 is 0 Å². The van der Waals surface area contributed by atoms with Gasteiger partial charge in [0.2, 0.25) is 5.82 Å². The maximum Gasteiger partial charge on any atom is 0.376 e. The van der Waals surface area contributed by atoms with E-state index in [9.17, 15) is 4.79 Å². The molecular formula is C13H15N3O2. The highest BCUT2D eigenvalue weighted by molar-refractivity contribution is 5.85. The quantitative estimate of drug-likeness (QED) is 0.771. The van der Waals surface area contributed by atoms with Crippen molar-refractivity contribution in [2.45, 2.75) is 20.4 Å². The van der Waals surface area contributed by atoms with Gasteiger partial charge in [-0.05, 0) is 19.4 Å². The maximum atomic E-state index is 11.7. The first-order valence-corrected chi connectivity index (χ1v) is 5.83. The average Bonchev–Trinajstić information content (AvgIpc) is 2.72. The van der Waals surface area contributed by atoms with E-state index in [0.717, 1.165) is 5.56 Å². The van der Waals surface area contributed by atoms with E-state index in [0.29, 0.717) is 19.0 Å². The minimum absolute atomic E-state index is 0.248. The summed E-state index contributed by atoms with van der Waals surface area (Å²) >= 11 is 0. The molecule has 94 valence electrons. The molecule has 0 saturated carbocycles. The minimum atomic E-state index is -0.436. The molecule has 1 aromatic heterocycles. The predicted molar refractivity (Wildman–Crippen MR) is 66.3 cm³/mol. The van der Waals surface area contributed by atoms with Gasteiger partial charge in [0.1, 0.15) is 5.82 Å². The number of hydrogen-bond donors (Lipinski definition) is 0. The summed E-state index contributed by atoms with van der Waals surface area (Å²) in [5, 5.41) is 4.21. The van der Waals surface area contributed by atoms with Crippen molar-refractivity contribution in [3.63, 3.8) is 0 Å². The van der Waals surface area contributed by atoms with E-state index in [4.69, 9.17) is 4.74 Å². The molecule has 0 saturated heterocycles. The Hall–Kier alpha value is -2.17. The van der Waals surface area contributed by atoms with E-state index in [1.807, 2.05) is 30.3 Å². The number of rotatable bonds is 4. The van der Waals surface area contributed by atoms with Crippen LogP contribution in [0.1, 0.15) is 28.9 Å². The lowest BCUT2D eigenvalue weighted by Gasteiger charge is -2.05. The molecule has 1 aromatic carbocycles. The summed E-state index contributed by atoms with van der Waals surface area (Å²) < 4.78 is 6.53. The van der Waals surface area contributed by atoms with Gasteiger partial charge in [-0.3, -0.25) is 0 Å². The highest BCUT2D eigenvalue weighted by Gasteiger charge is 2.17. The Morgan fingerprint density at radius 3 is 2.72 bits per heavy atom. The molecule has 0 N–H and O–H groups in total. The third-order valence-electron chi connectivity index (χ3n) is 2.41. The molecule has 2 aromatic rings. The molecule has 0 amide bonds. The van der Waals surface area contributed by atoms with Gasteiger partial charge in [-0.15, -0.1) is 0 Å². The Kier molecular flexibility index (Phi) is 3.72. The Morgan fingerprint density at radius 2 is 2.06 bits per heavy atom. The second-order valence-electron chi connectivity index (χ2n) is 3.85. The molecule has 18 heavy (non-hydrogen) atoms. The fourth-order valence-corrected chi connectivity index (χ4v) is 1.67. The van der Waals surface area contributed by atoms with E-state index in [1.165, 1.54) is 0 Å². The zero-order valence-corrected chi connectivity index (χ0v) is 10.5. The zero-order valence-electron chi connectivity index (χ0n) is 10.5. The van der Waals surface area contributed by atoms with Crippen molar-refractivity contribution < 1.29 is 9.53 Å². The van der Waals surface area contributed by atoms with Crippen molar-refractivity contribution in [3.05, 3.63) is 47.5 Å². The van der Waals surface area contributed by atoms with Crippen LogP contribution in [0.3, 0.4) is 0 Å². The molecule has 0 atom stereocenters. The number of nitrogens with zero attached hydrogens (tertiary/aromatic N) is 3. The van der Waals surface area contributed by atoms with Crippen molar-refractivity contribution in [1.82, 2.24) is 14.8 Å². The summed E-state index contributed by atoms with van der Waals surface area (Å²) in [6, 6.07) is 9.80. The van der Waals surface area contributed by atoms with E-state index in [1.54, 1.807) is 18.5 Å². The van der Waals surface area contributed by atoms with Crippen LogP contribution < -0.4 is 0 Å². The topological polar surface area (TPSA) is 57.0 Å². The molecule has 0 spiro atoms. The molecular weight excluding hydrogens is 230 g/mol. The van der Waals surface area contributed by atoms with E-state index in [2.05, 4.69) is 10.1 Å². The molecule has 5 nitrogen and oxygen atoms in total. The van der Waals surface area contributed by atoms with Gasteiger partial charge in [-0.1, -0.05) is 30.3 Å². The van der Waals surface area contributed by atoms with Crippen LogP contribution in [0.5, 0.6) is 0 Å². The van der Waals surface area contributed by atoms with E-state index < -0.39 is 5.97 Å². The van der Waals surface area contributed by atoms with Crippen molar-refractivity contribution >= 4 is 5.97 Å². The first kappa shape index (κ1) is 12.3. The molecule has 0 unspecified atom stereocenters. The number of benzene rings is 1. The third kappa shape index (κ3) is 2.74. The van der Waals surface area contributed by atoms with Gasteiger partial charge in [-0.2, -0.15) is 5.10 Å². The standard InChI is InChI=1S/C13H15N3O2/c1-3-18-13(17)12-14-10(2)15-16(12)9-11-7-5-4-6-8-11/h4-8H,3,9H2,1-2H3. The number of carbonyl (C=O) groups excluding carboxylic acids is 1. The van der Waals surface area contributed by atoms with Crippen molar-refractivity contribution in [1.29, 1.82) is 0 Å². The highest BCUT2D eigenvalue weighted by Crippen LogP contribution is 2.06. The van der Waals surface area contributed by atoms with Gasteiger partial charge in [0.25, 0.3) is 0 Å². The number of aryl methyl sites for hydroxylation is 1. The smallest absolute Gasteiger partial charge is 0.376 e. The Labute approximate surface area is 105 Å². The van der Waals surface area contributed by atoms with E-state index in [-0.39, 0.29) is 5.82 Å². The molecule has 0 fully saturated rings. The normalized spacial score (nSPS) is 10.3. The summed E-state index contributed by atoms with van der Waals surface area (Å²) in [6.45, 7) is 4.36. The number of ether oxygens (including phenoxy) is 1. The second-order valence-corrected chi connectivity index (χ2v) is 3.85. The molecule has 0 bridgehead atoms. The van der Waals surface area contributed by atoms with Crippen LogP contribution in [0.4, 0.5) is 0 Å². The van der Waals surface area contributed by atoms with Crippen LogP contribution in [-0.2, 0) is 11.3 Å². The van der Waals surface area contributed by atoms with Crippen LogP contribution in [0.2, 0.25) is 0 Å². The largest absolute Gasteiger partial charge is 0.460 e. The van der Waals surface area contributed by atoms with Crippen LogP contribution in [0.15, 0.2) is 30.3 Å². The zero-order chi connectivity index (χ0) is 13.0. The summed E-state index contributed by atoms with van der Waals surface area (Å²) in [4.78, 5) is 15.8. The maximum absolute atomic E-state index is 11.7. The van der Waals surface area contributed by atoms with Crippen molar-refractivity contribution in [2.75, 3.05) is 6.61 Å². The van der Waals surface area contributed by atoms with Crippen LogP contribution in [-0.4, -0.2) is 27.3 Å². The molecule has 0 aliphatic heterocycles. The predicted octanol–water partition coefficient (Wildman–Crippen LogP) is 1.81. The second kappa shape index (κ2) is 5.44. The molecule has 2 rings (SSSR count). The van der Waals surface area contributed by atoms with Crippen LogP contribution in [0, 0.1) is 6.92 Å². The summed E-state index contributed by atoms with van der Waals surface area (Å²) in [6.07, 6.45) is 0. The third-order valence-corrected chi connectivity index (χ3v) is 2.41. The molecule has 1 heterocycles. The lowest BCUT2D eigenvalue weighted by atomic mass is 10.2. The average molecular weight is 245 g/mol. The van der Waals surface area contributed by atoms with Crippen LogP contribution in [0.25, 0.3) is 0 Å².